The maximum atomic E-state index is 12.1. The van der Waals surface area contributed by atoms with Gasteiger partial charge in [-0.2, -0.15) is 0 Å². The second-order valence-corrected chi connectivity index (χ2v) is 5.58. The van der Waals surface area contributed by atoms with Gasteiger partial charge in [-0.25, -0.2) is 0 Å². The summed E-state index contributed by atoms with van der Waals surface area (Å²) in [7, 11) is 0. The Morgan fingerprint density at radius 1 is 1.16 bits per heavy atom. The van der Waals surface area contributed by atoms with E-state index in [0.717, 1.165) is 26.1 Å². The molecule has 0 bridgehead atoms. The zero-order valence-corrected chi connectivity index (χ0v) is 11.8. The Morgan fingerprint density at radius 3 is 2.37 bits per heavy atom. The van der Waals surface area contributed by atoms with Gasteiger partial charge in [-0.3, -0.25) is 9.59 Å². The summed E-state index contributed by atoms with van der Waals surface area (Å²) in [6.45, 7) is 8.01. The van der Waals surface area contributed by atoms with Crippen LogP contribution in [0.3, 0.4) is 0 Å². The molecule has 108 valence electrons. The molecule has 2 rings (SSSR count). The van der Waals surface area contributed by atoms with E-state index < -0.39 is 0 Å². The average Bonchev–Trinajstić information content (AvgIpc) is 2.59. The molecule has 0 atom stereocenters. The van der Waals surface area contributed by atoms with E-state index >= 15 is 0 Å². The fourth-order valence-electron chi connectivity index (χ4n) is 2.39. The van der Waals surface area contributed by atoms with Crippen molar-refractivity contribution in [2.75, 3.05) is 45.9 Å². The zero-order chi connectivity index (χ0) is 13.9. The maximum absolute atomic E-state index is 12.1. The molecule has 2 amide bonds. The van der Waals surface area contributed by atoms with E-state index in [2.05, 4.69) is 5.32 Å². The van der Waals surface area contributed by atoms with Crippen molar-refractivity contribution in [3.63, 3.8) is 0 Å². The molecule has 6 nitrogen and oxygen atoms in total. The first kappa shape index (κ1) is 14.3. The van der Waals surface area contributed by atoms with Gasteiger partial charge in [0, 0.05) is 46.2 Å². The van der Waals surface area contributed by atoms with Crippen LogP contribution in [0.1, 0.15) is 20.3 Å². The summed E-state index contributed by atoms with van der Waals surface area (Å²) in [4.78, 5) is 27.0. The van der Waals surface area contributed by atoms with Crippen molar-refractivity contribution in [3.05, 3.63) is 0 Å². The average molecular weight is 269 g/mol. The molecule has 6 heteroatoms. The molecule has 0 aromatic heterocycles. The van der Waals surface area contributed by atoms with Gasteiger partial charge in [-0.05, 0) is 13.3 Å². The Balaban J connectivity index is 1.77. The van der Waals surface area contributed by atoms with Crippen LogP contribution in [-0.2, 0) is 14.3 Å². The van der Waals surface area contributed by atoms with Gasteiger partial charge in [0.2, 0.25) is 11.8 Å². The van der Waals surface area contributed by atoms with E-state index in [1.165, 1.54) is 0 Å². The highest BCUT2D eigenvalue weighted by atomic mass is 16.5. The number of carbonyl (C=O) groups is 2. The third-order valence-electron chi connectivity index (χ3n) is 3.84. The summed E-state index contributed by atoms with van der Waals surface area (Å²) in [6, 6.07) is 0. The van der Waals surface area contributed by atoms with Crippen LogP contribution in [0.15, 0.2) is 0 Å². The van der Waals surface area contributed by atoms with E-state index in [0.29, 0.717) is 19.6 Å². The number of nitrogens with one attached hydrogen (secondary N) is 1. The second-order valence-electron chi connectivity index (χ2n) is 5.58. The lowest BCUT2D eigenvalue weighted by Crippen LogP contribution is -2.59. The minimum absolute atomic E-state index is 0.0264. The highest BCUT2D eigenvalue weighted by molar-refractivity contribution is 5.78. The molecule has 0 saturated carbocycles. The highest BCUT2D eigenvalue weighted by Gasteiger charge is 2.33. The van der Waals surface area contributed by atoms with E-state index in [4.69, 9.17) is 4.74 Å². The molecule has 0 aliphatic carbocycles. The summed E-state index contributed by atoms with van der Waals surface area (Å²) in [5.74, 6) is 0.108. The van der Waals surface area contributed by atoms with Crippen LogP contribution in [0, 0.1) is 0 Å². The van der Waals surface area contributed by atoms with Crippen LogP contribution < -0.4 is 5.32 Å². The molecule has 2 aliphatic heterocycles. The van der Waals surface area contributed by atoms with Gasteiger partial charge in [0.15, 0.2) is 0 Å². The maximum Gasteiger partial charge on any atom is 0.248 e. The monoisotopic (exact) mass is 269 g/mol. The molecule has 1 N–H and O–H groups in total. The Hall–Kier alpha value is -1.14. The smallest absolute Gasteiger partial charge is 0.248 e. The molecule has 0 aromatic rings. The Kier molecular flexibility index (Phi) is 4.42. The van der Waals surface area contributed by atoms with Gasteiger partial charge in [0.05, 0.1) is 5.60 Å². The van der Waals surface area contributed by atoms with Crippen LogP contribution in [0.2, 0.25) is 0 Å². The summed E-state index contributed by atoms with van der Waals surface area (Å²) >= 11 is 0. The lowest BCUT2D eigenvalue weighted by molar-refractivity contribution is -0.146. The van der Waals surface area contributed by atoms with Gasteiger partial charge in [-0.15, -0.1) is 0 Å². The third kappa shape index (κ3) is 3.67. The second kappa shape index (κ2) is 5.88. The zero-order valence-electron chi connectivity index (χ0n) is 11.8. The minimum atomic E-state index is -0.188. The summed E-state index contributed by atoms with van der Waals surface area (Å²) in [6.07, 6.45) is 0.837. The number of carbonyl (C=O) groups excluding carboxylic acids is 2. The lowest BCUT2D eigenvalue weighted by Gasteiger charge is -2.39. The first-order valence-electron chi connectivity index (χ1n) is 6.88. The number of nitrogens with zero attached hydrogens (tertiary/aromatic N) is 2. The number of hydrogen-bond acceptors (Lipinski definition) is 4. The van der Waals surface area contributed by atoms with Gasteiger partial charge in [0.1, 0.15) is 6.61 Å². The van der Waals surface area contributed by atoms with Crippen molar-refractivity contribution >= 4 is 11.8 Å². The molecule has 0 unspecified atom stereocenters. The van der Waals surface area contributed by atoms with Crippen molar-refractivity contribution in [1.29, 1.82) is 0 Å². The highest BCUT2D eigenvalue weighted by Crippen LogP contribution is 2.15. The van der Waals surface area contributed by atoms with Crippen LogP contribution in [-0.4, -0.2) is 73.1 Å². The summed E-state index contributed by atoms with van der Waals surface area (Å²) in [5, 5.41) is 3.14. The van der Waals surface area contributed by atoms with Gasteiger partial charge in [-0.1, -0.05) is 0 Å². The number of rotatable bonds is 3. The van der Waals surface area contributed by atoms with Crippen molar-refractivity contribution in [3.8, 4) is 0 Å². The van der Waals surface area contributed by atoms with E-state index in [1.807, 2.05) is 6.92 Å². The molecule has 2 aliphatic rings. The third-order valence-corrected chi connectivity index (χ3v) is 3.84. The van der Waals surface area contributed by atoms with Gasteiger partial charge >= 0.3 is 0 Å². The lowest BCUT2D eigenvalue weighted by atomic mass is 10.0. The Labute approximate surface area is 114 Å². The summed E-state index contributed by atoms with van der Waals surface area (Å²) < 4.78 is 5.66. The minimum Gasteiger partial charge on any atom is -0.363 e. The molecule has 2 saturated heterocycles. The normalized spacial score (nSPS) is 22.6. The summed E-state index contributed by atoms with van der Waals surface area (Å²) in [5.41, 5.74) is -0.188. The van der Waals surface area contributed by atoms with E-state index in [-0.39, 0.29) is 24.0 Å². The predicted molar refractivity (Wildman–Crippen MR) is 70.7 cm³/mol. The quantitative estimate of drug-likeness (QED) is 0.746. The van der Waals surface area contributed by atoms with Crippen LogP contribution in [0.25, 0.3) is 0 Å². The molecule has 0 radical (unpaired) electrons. The van der Waals surface area contributed by atoms with E-state index in [9.17, 15) is 9.59 Å². The number of ether oxygens (including phenoxy) is 1. The topological polar surface area (TPSA) is 61.9 Å². The fourth-order valence-corrected chi connectivity index (χ4v) is 2.39. The molecule has 0 aromatic carbocycles. The van der Waals surface area contributed by atoms with Crippen LogP contribution in [0.5, 0.6) is 0 Å². The molecule has 2 heterocycles. The fraction of sp³-hybridized carbons (Fsp3) is 0.846. The number of amides is 2. The molecular weight excluding hydrogens is 246 g/mol. The SMILES string of the molecule is CC(=O)N1CCCN(C(=O)COC2(C)CNC2)CC1. The first-order valence-corrected chi connectivity index (χ1v) is 6.88. The molecule has 0 spiro atoms. The van der Waals surface area contributed by atoms with Gasteiger partial charge < -0.3 is 19.9 Å². The van der Waals surface area contributed by atoms with Crippen LogP contribution >= 0.6 is 0 Å². The molecule has 19 heavy (non-hydrogen) atoms. The van der Waals surface area contributed by atoms with Crippen molar-refractivity contribution in [2.45, 2.75) is 25.9 Å². The molecular formula is C13H23N3O3. The van der Waals surface area contributed by atoms with Gasteiger partial charge in [0.25, 0.3) is 0 Å². The standard InChI is InChI=1S/C13H23N3O3/c1-11(17)15-4-3-5-16(7-6-15)12(18)8-19-13(2)9-14-10-13/h14H,3-10H2,1-2H3. The van der Waals surface area contributed by atoms with Crippen molar-refractivity contribution in [2.24, 2.45) is 0 Å². The Morgan fingerprint density at radius 2 is 1.79 bits per heavy atom. The predicted octanol–water partition coefficient (Wildman–Crippen LogP) is -0.554. The number of hydrogen-bond donors (Lipinski definition) is 1. The molecule has 2 fully saturated rings. The first-order chi connectivity index (χ1) is 9.00. The Bertz CT molecular complexity index is 355. The van der Waals surface area contributed by atoms with Crippen LogP contribution in [0.4, 0.5) is 0 Å². The van der Waals surface area contributed by atoms with Crippen molar-refractivity contribution in [1.82, 2.24) is 15.1 Å². The van der Waals surface area contributed by atoms with Crippen molar-refractivity contribution < 1.29 is 14.3 Å². The van der Waals surface area contributed by atoms with E-state index in [1.54, 1.807) is 16.7 Å². The largest absolute Gasteiger partial charge is 0.363 e.